The van der Waals surface area contributed by atoms with Crippen molar-refractivity contribution in [1.82, 2.24) is 0 Å². The fourth-order valence-electron chi connectivity index (χ4n) is 2.25. The van der Waals surface area contributed by atoms with Crippen LogP contribution in [0.15, 0.2) is 70.9 Å². The number of carbonyl (C=O) groups is 1. The predicted octanol–water partition coefficient (Wildman–Crippen LogP) is 3.94. The molecular weight excluding hydrogens is 308 g/mol. The van der Waals surface area contributed by atoms with Crippen LogP contribution in [0.1, 0.15) is 6.92 Å². The van der Waals surface area contributed by atoms with Crippen LogP contribution in [0.25, 0.3) is 21.7 Å². The number of carbonyl (C=O) groups excluding carboxylic acids is 1. The van der Waals surface area contributed by atoms with Gasteiger partial charge in [-0.25, -0.2) is 9.59 Å². The van der Waals surface area contributed by atoms with E-state index in [1.54, 1.807) is 31.2 Å². The molecule has 0 aliphatic carbocycles. The Hall–Kier alpha value is -3.34. The minimum atomic E-state index is -0.560. The molecule has 24 heavy (non-hydrogen) atoms. The molecule has 5 heteroatoms. The van der Waals surface area contributed by atoms with E-state index in [9.17, 15) is 14.7 Å². The van der Waals surface area contributed by atoms with Gasteiger partial charge in [-0.15, -0.1) is 13.2 Å². The first-order chi connectivity index (χ1) is 11.6. The van der Waals surface area contributed by atoms with Gasteiger partial charge in [-0.05, 0) is 37.3 Å². The number of phenols is 1. The number of hydrogen-bond acceptors (Lipinski definition) is 5. The third-order valence-corrected chi connectivity index (χ3v) is 3.19. The quantitative estimate of drug-likeness (QED) is 0.193. The highest BCUT2D eigenvalue weighted by Gasteiger charge is 2.10. The number of fused-ring (bicyclic) bond motifs is 3. The van der Waals surface area contributed by atoms with E-state index in [1.807, 2.05) is 0 Å². The summed E-state index contributed by atoms with van der Waals surface area (Å²) in [5.41, 5.74) is -0.246. The van der Waals surface area contributed by atoms with Gasteiger partial charge in [0.2, 0.25) is 0 Å². The lowest BCUT2D eigenvalue weighted by molar-refractivity contribution is -0.128. The lowest BCUT2D eigenvalue weighted by Crippen LogP contribution is -2.04. The number of allylic oxidation sites excluding steroid dienone is 1. The highest BCUT2D eigenvalue weighted by Crippen LogP contribution is 2.28. The number of phenolic OH excluding ortho intramolecular Hbond substituents is 1. The molecule has 1 aromatic heterocycles. The standard InChI is InChI=1S/C17H12O5.C2H4/c1-2-3-16(19)21-11-5-7-13-12-6-4-10(18)8-14(12)17(20)22-15(13)9-11;1-2/h2-9,18H,1H3;1-2H2/b3-2+;. The third-order valence-electron chi connectivity index (χ3n) is 3.19. The van der Waals surface area contributed by atoms with Gasteiger partial charge < -0.3 is 14.3 Å². The molecule has 0 saturated heterocycles. The van der Waals surface area contributed by atoms with Crippen LogP contribution in [0, 0.1) is 0 Å². The van der Waals surface area contributed by atoms with E-state index in [0.717, 1.165) is 0 Å². The lowest BCUT2D eigenvalue weighted by Gasteiger charge is -2.05. The maximum atomic E-state index is 12.0. The average Bonchev–Trinajstić information content (AvgIpc) is 2.57. The third kappa shape index (κ3) is 3.35. The van der Waals surface area contributed by atoms with Crippen LogP contribution in [0.3, 0.4) is 0 Å². The Morgan fingerprint density at radius 2 is 1.83 bits per heavy atom. The van der Waals surface area contributed by atoms with Crippen LogP contribution in [-0.2, 0) is 4.79 Å². The molecule has 122 valence electrons. The molecule has 0 atom stereocenters. The maximum absolute atomic E-state index is 12.0. The van der Waals surface area contributed by atoms with Crippen molar-refractivity contribution < 1.29 is 19.1 Å². The van der Waals surface area contributed by atoms with Crippen molar-refractivity contribution in [3.05, 3.63) is 72.1 Å². The second-order valence-electron chi connectivity index (χ2n) is 4.70. The summed E-state index contributed by atoms with van der Waals surface area (Å²) in [7, 11) is 0. The zero-order chi connectivity index (χ0) is 17.7. The van der Waals surface area contributed by atoms with Crippen molar-refractivity contribution in [2.45, 2.75) is 6.92 Å². The van der Waals surface area contributed by atoms with Crippen molar-refractivity contribution in [1.29, 1.82) is 0 Å². The van der Waals surface area contributed by atoms with Gasteiger partial charge in [0.1, 0.15) is 17.1 Å². The fraction of sp³-hybridized carbons (Fsp3) is 0.0526. The van der Waals surface area contributed by atoms with Crippen LogP contribution in [0.4, 0.5) is 0 Å². The van der Waals surface area contributed by atoms with Gasteiger partial charge in [-0.1, -0.05) is 6.08 Å². The van der Waals surface area contributed by atoms with Crippen molar-refractivity contribution in [2.75, 3.05) is 0 Å². The number of rotatable bonds is 2. The van der Waals surface area contributed by atoms with Crippen LogP contribution < -0.4 is 10.4 Å². The zero-order valence-electron chi connectivity index (χ0n) is 13.1. The van der Waals surface area contributed by atoms with Crippen LogP contribution >= 0.6 is 0 Å². The first-order valence-electron chi connectivity index (χ1n) is 7.12. The Kier molecular flexibility index (Phi) is 5.16. The maximum Gasteiger partial charge on any atom is 0.344 e. The summed E-state index contributed by atoms with van der Waals surface area (Å²) in [5, 5.41) is 11.1. The molecule has 1 N–H and O–H groups in total. The number of benzene rings is 2. The van der Waals surface area contributed by atoms with Gasteiger partial charge in [-0.3, -0.25) is 0 Å². The Morgan fingerprint density at radius 1 is 1.12 bits per heavy atom. The van der Waals surface area contributed by atoms with E-state index >= 15 is 0 Å². The normalized spacial score (nSPS) is 10.5. The first kappa shape index (κ1) is 17.0. The Bertz CT molecular complexity index is 982. The highest BCUT2D eigenvalue weighted by atomic mass is 16.5. The van der Waals surface area contributed by atoms with Crippen molar-refractivity contribution in [3.8, 4) is 11.5 Å². The molecule has 0 amide bonds. The summed E-state index contributed by atoms with van der Waals surface area (Å²) >= 11 is 0. The molecule has 0 unspecified atom stereocenters. The molecule has 0 aliphatic heterocycles. The topological polar surface area (TPSA) is 76.7 Å². The smallest absolute Gasteiger partial charge is 0.344 e. The average molecular weight is 324 g/mol. The molecule has 0 aliphatic rings. The number of ether oxygens (including phenoxy) is 1. The summed E-state index contributed by atoms with van der Waals surface area (Å²) in [5.74, 6) is -0.220. The zero-order valence-corrected chi connectivity index (χ0v) is 13.1. The second kappa shape index (κ2) is 7.28. The van der Waals surface area contributed by atoms with E-state index in [2.05, 4.69) is 13.2 Å². The highest BCUT2D eigenvalue weighted by molar-refractivity contribution is 6.05. The molecule has 0 radical (unpaired) electrons. The van der Waals surface area contributed by atoms with E-state index < -0.39 is 11.6 Å². The molecule has 0 bridgehead atoms. The summed E-state index contributed by atoms with van der Waals surface area (Å²) in [6.07, 6.45) is 2.87. The Morgan fingerprint density at radius 3 is 2.54 bits per heavy atom. The summed E-state index contributed by atoms with van der Waals surface area (Å²) in [4.78, 5) is 23.4. The molecule has 5 nitrogen and oxygen atoms in total. The van der Waals surface area contributed by atoms with E-state index in [-0.39, 0.29) is 11.5 Å². The van der Waals surface area contributed by atoms with Crippen LogP contribution in [0.2, 0.25) is 0 Å². The Balaban J connectivity index is 0.00000100. The van der Waals surface area contributed by atoms with Crippen LogP contribution in [-0.4, -0.2) is 11.1 Å². The van der Waals surface area contributed by atoms with E-state index in [1.165, 1.54) is 24.3 Å². The van der Waals surface area contributed by atoms with E-state index in [0.29, 0.717) is 21.7 Å². The molecule has 0 spiro atoms. The van der Waals surface area contributed by atoms with Crippen molar-refractivity contribution in [3.63, 3.8) is 0 Å². The minimum absolute atomic E-state index is 0.00365. The van der Waals surface area contributed by atoms with Gasteiger partial charge in [-0.2, -0.15) is 0 Å². The van der Waals surface area contributed by atoms with Gasteiger partial charge in [0, 0.05) is 22.9 Å². The fourth-order valence-corrected chi connectivity index (χ4v) is 2.25. The molecular formula is C19H16O5. The monoisotopic (exact) mass is 324 g/mol. The largest absolute Gasteiger partial charge is 0.508 e. The van der Waals surface area contributed by atoms with E-state index in [4.69, 9.17) is 9.15 Å². The summed E-state index contributed by atoms with van der Waals surface area (Å²) < 4.78 is 10.3. The lowest BCUT2D eigenvalue weighted by atomic mass is 10.1. The van der Waals surface area contributed by atoms with Gasteiger partial charge in [0.15, 0.2) is 0 Å². The SMILES string of the molecule is C/C=C/C(=O)Oc1ccc2c(c1)oc(=O)c1cc(O)ccc12.C=C. The number of esters is 1. The number of hydrogen-bond donors (Lipinski definition) is 1. The minimum Gasteiger partial charge on any atom is -0.508 e. The van der Waals surface area contributed by atoms with Crippen LogP contribution in [0.5, 0.6) is 11.5 Å². The van der Waals surface area contributed by atoms with Gasteiger partial charge >= 0.3 is 11.6 Å². The van der Waals surface area contributed by atoms with Crippen molar-refractivity contribution >= 4 is 27.7 Å². The van der Waals surface area contributed by atoms with Crippen molar-refractivity contribution in [2.24, 2.45) is 0 Å². The summed E-state index contributed by atoms with van der Waals surface area (Å²) in [6.45, 7) is 7.71. The first-order valence-corrected chi connectivity index (χ1v) is 7.12. The molecule has 1 heterocycles. The molecule has 2 aromatic carbocycles. The molecule has 3 rings (SSSR count). The summed E-state index contributed by atoms with van der Waals surface area (Å²) in [6, 6.07) is 9.33. The second-order valence-corrected chi connectivity index (χ2v) is 4.70. The molecule has 0 fully saturated rings. The van der Waals surface area contributed by atoms with Gasteiger partial charge in [0.05, 0.1) is 5.39 Å². The predicted molar refractivity (Wildman–Crippen MR) is 93.4 cm³/mol. The Labute approximate surface area is 138 Å². The number of aromatic hydroxyl groups is 1. The molecule has 0 saturated carbocycles. The molecule has 3 aromatic rings. The van der Waals surface area contributed by atoms with Gasteiger partial charge in [0.25, 0.3) is 0 Å².